The molecule has 0 saturated heterocycles. The highest BCUT2D eigenvalue weighted by Gasteiger charge is 2.05. The van der Waals surface area contributed by atoms with E-state index in [0.29, 0.717) is 29.1 Å². The number of methoxy groups -OCH3 is 1. The minimum Gasteiger partial charge on any atom is -0.496 e. The van der Waals surface area contributed by atoms with Crippen LogP contribution in [0.2, 0.25) is 0 Å². The maximum absolute atomic E-state index is 13.5. The van der Waals surface area contributed by atoms with Crippen LogP contribution >= 0.6 is 0 Å². The number of benzene rings is 2. The number of hydrogen-bond donors (Lipinski definition) is 1. The smallest absolute Gasteiger partial charge is 0.128 e. The van der Waals surface area contributed by atoms with E-state index in [2.05, 4.69) is 11.4 Å². The van der Waals surface area contributed by atoms with Crippen LogP contribution in [-0.4, -0.2) is 7.11 Å². The molecular formula is C16H15FN2O. The molecule has 0 aliphatic carbocycles. The van der Waals surface area contributed by atoms with Crippen LogP contribution in [0.4, 0.5) is 10.1 Å². The summed E-state index contributed by atoms with van der Waals surface area (Å²) in [6, 6.07) is 12.3. The number of halogens is 1. The van der Waals surface area contributed by atoms with E-state index in [9.17, 15) is 4.39 Å². The third-order valence-corrected chi connectivity index (χ3v) is 3.06. The van der Waals surface area contributed by atoms with Crippen molar-refractivity contribution in [3.8, 4) is 11.8 Å². The average Bonchev–Trinajstić information content (AvgIpc) is 2.48. The Kier molecular flexibility index (Phi) is 4.21. The number of aryl methyl sites for hydroxylation is 1. The molecule has 0 fully saturated rings. The summed E-state index contributed by atoms with van der Waals surface area (Å²) in [5.41, 5.74) is 2.72. The van der Waals surface area contributed by atoms with Gasteiger partial charge in [0.05, 0.1) is 18.7 Å². The fourth-order valence-electron chi connectivity index (χ4n) is 1.89. The second kappa shape index (κ2) is 6.07. The Labute approximate surface area is 117 Å². The molecule has 0 unspecified atom stereocenters. The van der Waals surface area contributed by atoms with E-state index in [0.717, 1.165) is 5.56 Å². The number of nitrogens with zero attached hydrogens (tertiary/aromatic N) is 1. The maximum atomic E-state index is 13.5. The van der Waals surface area contributed by atoms with Gasteiger partial charge < -0.3 is 10.1 Å². The van der Waals surface area contributed by atoms with Gasteiger partial charge in [0.15, 0.2) is 0 Å². The molecule has 0 heterocycles. The van der Waals surface area contributed by atoms with Crippen molar-refractivity contribution in [2.45, 2.75) is 13.5 Å². The summed E-state index contributed by atoms with van der Waals surface area (Å²) in [4.78, 5) is 0. The first kappa shape index (κ1) is 13.9. The Morgan fingerprint density at radius 2 is 2.05 bits per heavy atom. The summed E-state index contributed by atoms with van der Waals surface area (Å²) in [7, 11) is 1.58. The van der Waals surface area contributed by atoms with Gasteiger partial charge in [-0.2, -0.15) is 5.26 Å². The Morgan fingerprint density at radius 3 is 2.70 bits per heavy atom. The molecule has 0 bridgehead atoms. The molecule has 0 radical (unpaired) electrons. The van der Waals surface area contributed by atoms with E-state index < -0.39 is 0 Å². The van der Waals surface area contributed by atoms with E-state index in [1.54, 1.807) is 38.3 Å². The first-order chi connectivity index (χ1) is 9.63. The Morgan fingerprint density at radius 1 is 1.25 bits per heavy atom. The van der Waals surface area contributed by atoms with Gasteiger partial charge in [-0.05, 0) is 42.8 Å². The number of nitriles is 1. The molecule has 0 aromatic heterocycles. The van der Waals surface area contributed by atoms with Gasteiger partial charge in [0.25, 0.3) is 0 Å². The van der Waals surface area contributed by atoms with Gasteiger partial charge in [-0.3, -0.25) is 0 Å². The molecule has 3 nitrogen and oxygen atoms in total. The van der Waals surface area contributed by atoms with Crippen molar-refractivity contribution in [2.75, 3.05) is 12.4 Å². The van der Waals surface area contributed by atoms with Crippen LogP contribution in [0.25, 0.3) is 0 Å². The molecule has 0 saturated carbocycles. The van der Waals surface area contributed by atoms with Gasteiger partial charge in [-0.25, -0.2) is 4.39 Å². The van der Waals surface area contributed by atoms with Crippen LogP contribution in [0.5, 0.6) is 5.75 Å². The molecular weight excluding hydrogens is 255 g/mol. The minimum absolute atomic E-state index is 0.243. The molecule has 2 aromatic carbocycles. The first-order valence-electron chi connectivity index (χ1n) is 6.21. The number of ether oxygens (including phenoxy) is 1. The molecule has 2 aromatic rings. The second-order valence-electron chi connectivity index (χ2n) is 4.46. The van der Waals surface area contributed by atoms with Crippen LogP contribution in [0.1, 0.15) is 16.7 Å². The lowest BCUT2D eigenvalue weighted by molar-refractivity contribution is 0.410. The Hall–Kier alpha value is -2.54. The second-order valence-corrected chi connectivity index (χ2v) is 4.46. The predicted molar refractivity (Wildman–Crippen MR) is 76.2 cm³/mol. The van der Waals surface area contributed by atoms with Gasteiger partial charge in [-0.1, -0.05) is 6.07 Å². The van der Waals surface area contributed by atoms with E-state index in [1.165, 1.54) is 6.07 Å². The lowest BCUT2D eigenvalue weighted by Crippen LogP contribution is -2.02. The Bertz CT molecular complexity index is 662. The summed E-state index contributed by atoms with van der Waals surface area (Å²) in [6.07, 6.45) is 0. The van der Waals surface area contributed by atoms with Crippen LogP contribution in [0, 0.1) is 24.1 Å². The molecule has 2 rings (SSSR count). The Balaban J connectivity index is 2.17. The first-order valence-corrected chi connectivity index (χ1v) is 6.21. The summed E-state index contributed by atoms with van der Waals surface area (Å²) < 4.78 is 18.7. The molecule has 20 heavy (non-hydrogen) atoms. The lowest BCUT2D eigenvalue weighted by Gasteiger charge is -2.11. The molecule has 0 aliphatic rings. The normalized spacial score (nSPS) is 9.90. The third-order valence-electron chi connectivity index (χ3n) is 3.06. The molecule has 102 valence electrons. The lowest BCUT2D eigenvalue weighted by atomic mass is 10.1. The SMILES string of the molecule is COc1ccc(C#N)cc1CNc1ccc(C)c(F)c1. The molecule has 4 heteroatoms. The van der Waals surface area contributed by atoms with Crippen molar-refractivity contribution in [1.82, 2.24) is 0 Å². The molecule has 0 amide bonds. The summed E-state index contributed by atoms with van der Waals surface area (Å²) in [5.74, 6) is 0.455. The van der Waals surface area contributed by atoms with Crippen molar-refractivity contribution in [3.63, 3.8) is 0 Å². The zero-order valence-electron chi connectivity index (χ0n) is 11.4. The molecule has 0 atom stereocenters. The van der Waals surface area contributed by atoms with Crippen molar-refractivity contribution < 1.29 is 9.13 Å². The van der Waals surface area contributed by atoms with Crippen molar-refractivity contribution in [3.05, 3.63) is 58.9 Å². The number of rotatable bonds is 4. The van der Waals surface area contributed by atoms with Crippen molar-refractivity contribution in [1.29, 1.82) is 5.26 Å². The largest absolute Gasteiger partial charge is 0.496 e. The third kappa shape index (κ3) is 3.07. The number of anilines is 1. The molecule has 0 aliphatic heterocycles. The molecule has 1 N–H and O–H groups in total. The van der Waals surface area contributed by atoms with E-state index in [1.807, 2.05) is 6.07 Å². The van der Waals surface area contributed by atoms with Crippen LogP contribution in [0.15, 0.2) is 36.4 Å². The fourth-order valence-corrected chi connectivity index (χ4v) is 1.89. The van der Waals surface area contributed by atoms with Gasteiger partial charge in [0.2, 0.25) is 0 Å². The van der Waals surface area contributed by atoms with Crippen LogP contribution in [0.3, 0.4) is 0 Å². The quantitative estimate of drug-likeness (QED) is 0.922. The highest BCUT2D eigenvalue weighted by atomic mass is 19.1. The zero-order valence-corrected chi connectivity index (χ0v) is 11.4. The van der Waals surface area contributed by atoms with Gasteiger partial charge in [0, 0.05) is 17.8 Å². The zero-order chi connectivity index (χ0) is 14.5. The van der Waals surface area contributed by atoms with E-state index >= 15 is 0 Å². The fraction of sp³-hybridized carbons (Fsp3) is 0.188. The average molecular weight is 270 g/mol. The van der Waals surface area contributed by atoms with Gasteiger partial charge in [0.1, 0.15) is 11.6 Å². The monoisotopic (exact) mass is 270 g/mol. The summed E-state index contributed by atoms with van der Waals surface area (Å²) >= 11 is 0. The topological polar surface area (TPSA) is 45.0 Å². The molecule has 0 spiro atoms. The van der Waals surface area contributed by atoms with Gasteiger partial charge in [-0.15, -0.1) is 0 Å². The summed E-state index contributed by atoms with van der Waals surface area (Å²) in [6.45, 7) is 2.18. The minimum atomic E-state index is -0.243. The van der Waals surface area contributed by atoms with Crippen molar-refractivity contribution >= 4 is 5.69 Å². The highest BCUT2D eigenvalue weighted by molar-refractivity contribution is 5.48. The summed E-state index contributed by atoms with van der Waals surface area (Å²) in [5, 5.41) is 12.0. The number of hydrogen-bond acceptors (Lipinski definition) is 3. The van der Waals surface area contributed by atoms with E-state index in [-0.39, 0.29) is 5.82 Å². The van der Waals surface area contributed by atoms with E-state index in [4.69, 9.17) is 10.00 Å². The maximum Gasteiger partial charge on any atom is 0.128 e. The van der Waals surface area contributed by atoms with Crippen molar-refractivity contribution in [2.24, 2.45) is 0 Å². The number of nitrogens with one attached hydrogen (secondary N) is 1. The van der Waals surface area contributed by atoms with Crippen LogP contribution in [-0.2, 0) is 6.54 Å². The van der Waals surface area contributed by atoms with Crippen LogP contribution < -0.4 is 10.1 Å². The highest BCUT2D eigenvalue weighted by Crippen LogP contribution is 2.21. The van der Waals surface area contributed by atoms with Gasteiger partial charge >= 0.3 is 0 Å². The standard InChI is InChI=1S/C16H15FN2O/c1-11-3-5-14(8-15(11)17)19-10-13-7-12(9-18)4-6-16(13)20-2/h3-8,19H,10H2,1-2H3. The predicted octanol–water partition coefficient (Wildman–Crippen LogP) is 3.63.